The van der Waals surface area contributed by atoms with Crippen LogP contribution in [0.2, 0.25) is 0 Å². The van der Waals surface area contributed by atoms with E-state index in [1.807, 2.05) is 38.1 Å². The number of methoxy groups -OCH3 is 1. The summed E-state index contributed by atoms with van der Waals surface area (Å²) in [4.78, 5) is 12.8. The fourth-order valence-electron chi connectivity index (χ4n) is 2.75. The van der Waals surface area contributed by atoms with Gasteiger partial charge in [-0.05, 0) is 41.8 Å². The summed E-state index contributed by atoms with van der Waals surface area (Å²) < 4.78 is 31.9. The van der Waals surface area contributed by atoms with Gasteiger partial charge in [0.1, 0.15) is 5.75 Å². The van der Waals surface area contributed by atoms with Crippen LogP contribution < -0.4 is 14.8 Å². The summed E-state index contributed by atoms with van der Waals surface area (Å²) in [5.41, 5.74) is 1.25. The smallest absolute Gasteiger partial charge is 0.251 e. The summed E-state index contributed by atoms with van der Waals surface area (Å²) in [6.07, 6.45) is 0. The Hall–Kier alpha value is -2.38. The normalized spacial score (nSPS) is 12.6. The van der Waals surface area contributed by atoms with Gasteiger partial charge in [-0.25, -0.2) is 13.1 Å². The van der Waals surface area contributed by atoms with Crippen LogP contribution in [0.25, 0.3) is 0 Å². The molecule has 0 aliphatic carbocycles. The van der Waals surface area contributed by atoms with Gasteiger partial charge in [0.15, 0.2) is 0 Å². The van der Waals surface area contributed by atoms with Crippen molar-refractivity contribution in [3.05, 3.63) is 59.7 Å². The van der Waals surface area contributed by atoms with Crippen molar-refractivity contribution in [2.24, 2.45) is 5.92 Å². The molecule has 2 N–H and O–H groups in total. The molecule has 0 fully saturated rings. The molecule has 0 saturated heterocycles. The number of benzene rings is 2. The Kier molecular flexibility index (Phi) is 6.98. The number of ether oxygens (including phenoxy) is 1. The summed E-state index contributed by atoms with van der Waals surface area (Å²) in [6.45, 7) is 6.02. The first-order valence-corrected chi connectivity index (χ1v) is 10.3. The number of nitrogens with one attached hydrogen (secondary N) is 2. The lowest BCUT2D eigenvalue weighted by molar-refractivity contribution is 0.0925. The third-order valence-electron chi connectivity index (χ3n) is 4.17. The van der Waals surface area contributed by atoms with E-state index in [0.717, 1.165) is 11.3 Å². The van der Waals surface area contributed by atoms with E-state index in [4.69, 9.17) is 4.74 Å². The predicted molar refractivity (Wildman–Crippen MR) is 105 cm³/mol. The van der Waals surface area contributed by atoms with Gasteiger partial charge < -0.3 is 10.1 Å². The minimum atomic E-state index is -3.61. The second kappa shape index (κ2) is 9.01. The maximum absolute atomic E-state index is 12.7. The summed E-state index contributed by atoms with van der Waals surface area (Å²) in [6, 6.07) is 13.3. The van der Waals surface area contributed by atoms with Gasteiger partial charge in [-0.15, -0.1) is 0 Å². The predicted octanol–water partition coefficient (Wildman–Crippen LogP) is 3.12. The minimum Gasteiger partial charge on any atom is -0.497 e. The van der Waals surface area contributed by atoms with Gasteiger partial charge in [-0.3, -0.25) is 4.79 Å². The quantitative estimate of drug-likeness (QED) is 0.725. The lowest BCUT2D eigenvalue weighted by Crippen LogP contribution is -2.32. The van der Waals surface area contributed by atoms with E-state index in [1.165, 1.54) is 12.1 Å². The zero-order valence-corrected chi connectivity index (χ0v) is 16.8. The molecule has 0 aliphatic rings. The van der Waals surface area contributed by atoms with E-state index in [-0.39, 0.29) is 29.3 Å². The molecule has 1 amide bonds. The molecule has 2 aromatic carbocycles. The lowest BCUT2D eigenvalue weighted by atomic mass is 9.95. The molecule has 1 unspecified atom stereocenters. The first-order valence-electron chi connectivity index (χ1n) is 8.83. The standard InChI is InChI=1S/C20H26N2O4S/c1-5-21-27(24,25)18-8-6-7-16(13-18)20(23)22-19(14(2)3)15-9-11-17(26-4)12-10-15/h6-14,19,21H,5H2,1-4H3,(H,22,23). The largest absolute Gasteiger partial charge is 0.497 e. The van der Waals surface area contributed by atoms with Gasteiger partial charge in [0.2, 0.25) is 10.0 Å². The Bertz CT molecular complexity index is 877. The van der Waals surface area contributed by atoms with Crippen LogP contribution in [-0.2, 0) is 10.0 Å². The number of carbonyl (C=O) groups excluding carboxylic acids is 1. The highest BCUT2D eigenvalue weighted by Crippen LogP contribution is 2.24. The van der Waals surface area contributed by atoms with E-state index >= 15 is 0 Å². The first kappa shape index (κ1) is 20.9. The Balaban J connectivity index is 2.25. The second-order valence-corrected chi connectivity index (χ2v) is 8.26. The Morgan fingerprint density at radius 3 is 2.33 bits per heavy atom. The van der Waals surface area contributed by atoms with E-state index < -0.39 is 10.0 Å². The van der Waals surface area contributed by atoms with E-state index in [2.05, 4.69) is 10.0 Å². The summed E-state index contributed by atoms with van der Waals surface area (Å²) in [7, 11) is -2.01. The SMILES string of the molecule is CCNS(=O)(=O)c1cccc(C(=O)NC(c2ccc(OC)cc2)C(C)C)c1. The number of rotatable bonds is 8. The van der Waals surface area contributed by atoms with Gasteiger partial charge in [0, 0.05) is 12.1 Å². The zero-order valence-electron chi connectivity index (χ0n) is 16.0. The topological polar surface area (TPSA) is 84.5 Å². The van der Waals surface area contributed by atoms with Crippen molar-refractivity contribution in [1.82, 2.24) is 10.0 Å². The van der Waals surface area contributed by atoms with Crippen molar-refractivity contribution in [3.63, 3.8) is 0 Å². The maximum Gasteiger partial charge on any atom is 0.251 e. The van der Waals surface area contributed by atoms with Crippen LogP contribution in [-0.4, -0.2) is 28.0 Å². The van der Waals surface area contributed by atoms with Gasteiger partial charge in [0.05, 0.1) is 18.0 Å². The van der Waals surface area contributed by atoms with E-state index in [0.29, 0.717) is 5.56 Å². The van der Waals surface area contributed by atoms with Crippen molar-refractivity contribution in [1.29, 1.82) is 0 Å². The van der Waals surface area contributed by atoms with Gasteiger partial charge in [0.25, 0.3) is 5.91 Å². The number of carbonyl (C=O) groups is 1. The monoisotopic (exact) mass is 390 g/mol. The molecular weight excluding hydrogens is 364 g/mol. The average Bonchev–Trinajstić information content (AvgIpc) is 2.66. The Labute approximate surface area is 161 Å². The van der Waals surface area contributed by atoms with Gasteiger partial charge in [-0.2, -0.15) is 0 Å². The lowest BCUT2D eigenvalue weighted by Gasteiger charge is -2.23. The number of sulfonamides is 1. The summed E-state index contributed by atoms with van der Waals surface area (Å²) >= 11 is 0. The average molecular weight is 391 g/mol. The molecular formula is C20H26N2O4S. The zero-order chi connectivity index (χ0) is 20.0. The highest BCUT2D eigenvalue weighted by molar-refractivity contribution is 7.89. The van der Waals surface area contributed by atoms with Crippen molar-refractivity contribution >= 4 is 15.9 Å². The van der Waals surface area contributed by atoms with E-state index in [1.54, 1.807) is 26.2 Å². The Morgan fingerprint density at radius 1 is 1.11 bits per heavy atom. The molecule has 1 atom stereocenters. The maximum atomic E-state index is 12.7. The van der Waals surface area contributed by atoms with Crippen LogP contribution in [0.4, 0.5) is 0 Å². The molecule has 0 heterocycles. The third-order valence-corrected chi connectivity index (χ3v) is 5.71. The molecule has 2 rings (SSSR count). The van der Waals surface area contributed by atoms with Crippen LogP contribution in [0, 0.1) is 5.92 Å². The van der Waals surface area contributed by atoms with Crippen molar-refractivity contribution < 1.29 is 17.9 Å². The van der Waals surface area contributed by atoms with Crippen molar-refractivity contribution in [2.45, 2.75) is 31.7 Å². The minimum absolute atomic E-state index is 0.0718. The first-order chi connectivity index (χ1) is 12.8. The Morgan fingerprint density at radius 2 is 1.78 bits per heavy atom. The fraction of sp³-hybridized carbons (Fsp3) is 0.350. The highest BCUT2D eigenvalue weighted by Gasteiger charge is 2.21. The highest BCUT2D eigenvalue weighted by atomic mass is 32.2. The molecule has 6 nitrogen and oxygen atoms in total. The second-order valence-electron chi connectivity index (χ2n) is 6.50. The molecule has 27 heavy (non-hydrogen) atoms. The van der Waals surface area contributed by atoms with Crippen molar-refractivity contribution in [3.8, 4) is 5.75 Å². The molecule has 0 radical (unpaired) electrons. The molecule has 0 spiro atoms. The van der Waals surface area contributed by atoms with Crippen molar-refractivity contribution in [2.75, 3.05) is 13.7 Å². The number of hydrogen-bond acceptors (Lipinski definition) is 4. The molecule has 0 aliphatic heterocycles. The molecule has 0 aromatic heterocycles. The number of amides is 1. The van der Waals surface area contributed by atoms with Crippen LogP contribution >= 0.6 is 0 Å². The van der Waals surface area contributed by atoms with Gasteiger partial charge in [-0.1, -0.05) is 39.0 Å². The van der Waals surface area contributed by atoms with Crippen LogP contribution in [0.1, 0.15) is 42.7 Å². The molecule has 0 bridgehead atoms. The van der Waals surface area contributed by atoms with Crippen LogP contribution in [0.15, 0.2) is 53.4 Å². The van der Waals surface area contributed by atoms with Gasteiger partial charge >= 0.3 is 0 Å². The molecule has 0 saturated carbocycles. The van der Waals surface area contributed by atoms with Crippen LogP contribution in [0.5, 0.6) is 5.75 Å². The third kappa shape index (κ3) is 5.30. The van der Waals surface area contributed by atoms with E-state index in [9.17, 15) is 13.2 Å². The summed E-state index contributed by atoms with van der Waals surface area (Å²) in [5.74, 6) is 0.572. The fourth-order valence-corrected chi connectivity index (χ4v) is 3.84. The molecule has 7 heteroatoms. The number of hydrogen-bond donors (Lipinski definition) is 2. The molecule has 146 valence electrons. The summed E-state index contributed by atoms with van der Waals surface area (Å²) in [5, 5.41) is 3.00. The molecule has 2 aromatic rings. The van der Waals surface area contributed by atoms with Crippen LogP contribution in [0.3, 0.4) is 0 Å².